The van der Waals surface area contributed by atoms with Gasteiger partial charge in [0.05, 0.1) is 17.6 Å². The van der Waals surface area contributed by atoms with E-state index in [4.69, 9.17) is 0 Å². The molecule has 0 radical (unpaired) electrons. The second-order valence-electron chi connectivity index (χ2n) is 5.23. The van der Waals surface area contributed by atoms with Gasteiger partial charge in [0.1, 0.15) is 0 Å². The number of anilines is 1. The predicted octanol–water partition coefficient (Wildman–Crippen LogP) is 0.339. The summed E-state index contributed by atoms with van der Waals surface area (Å²) in [7, 11) is -1.35. The van der Waals surface area contributed by atoms with Crippen molar-refractivity contribution >= 4 is 21.6 Å². The highest BCUT2D eigenvalue weighted by Gasteiger charge is 2.29. The van der Waals surface area contributed by atoms with Gasteiger partial charge in [0.2, 0.25) is 15.9 Å². The molecule has 8 heteroatoms. The molecule has 7 nitrogen and oxygen atoms in total. The van der Waals surface area contributed by atoms with Crippen molar-refractivity contribution in [2.24, 2.45) is 13.0 Å². The first kappa shape index (κ1) is 15.0. The summed E-state index contributed by atoms with van der Waals surface area (Å²) in [6, 6.07) is 0. The van der Waals surface area contributed by atoms with E-state index in [1.165, 1.54) is 10.6 Å². The zero-order chi connectivity index (χ0) is 14.9. The van der Waals surface area contributed by atoms with Gasteiger partial charge in [-0.2, -0.15) is 5.10 Å². The van der Waals surface area contributed by atoms with Crippen LogP contribution in [0.2, 0.25) is 0 Å². The van der Waals surface area contributed by atoms with Crippen molar-refractivity contribution in [3.8, 4) is 0 Å². The Labute approximate surface area is 119 Å². The Hall–Kier alpha value is -1.41. The van der Waals surface area contributed by atoms with Crippen LogP contribution in [0.1, 0.15) is 18.5 Å². The van der Waals surface area contributed by atoms with E-state index in [0.29, 0.717) is 31.6 Å². The van der Waals surface area contributed by atoms with E-state index in [9.17, 15) is 13.2 Å². The number of amides is 1. The number of piperidine rings is 1. The number of nitrogens with one attached hydrogen (secondary N) is 1. The topological polar surface area (TPSA) is 84.3 Å². The summed E-state index contributed by atoms with van der Waals surface area (Å²) in [6.45, 7) is 2.65. The van der Waals surface area contributed by atoms with Gasteiger partial charge in [-0.15, -0.1) is 0 Å². The van der Waals surface area contributed by atoms with Crippen LogP contribution in [0, 0.1) is 12.8 Å². The molecule has 0 atom stereocenters. The smallest absolute Gasteiger partial charge is 0.227 e. The zero-order valence-electron chi connectivity index (χ0n) is 12.0. The van der Waals surface area contributed by atoms with Crippen LogP contribution in [0.5, 0.6) is 0 Å². The summed E-state index contributed by atoms with van der Waals surface area (Å²) in [5.74, 6) is -0.207. The number of sulfonamides is 1. The first-order valence-corrected chi connectivity index (χ1v) is 8.38. The third-order valence-electron chi connectivity index (χ3n) is 3.57. The van der Waals surface area contributed by atoms with Crippen LogP contribution in [0.3, 0.4) is 0 Å². The Kier molecular flexibility index (Phi) is 4.14. The van der Waals surface area contributed by atoms with Gasteiger partial charge in [-0.1, -0.05) is 0 Å². The summed E-state index contributed by atoms with van der Waals surface area (Å²) in [6.07, 6.45) is 4.07. The molecule has 1 aliphatic rings. The van der Waals surface area contributed by atoms with Gasteiger partial charge in [0, 0.05) is 32.3 Å². The quantitative estimate of drug-likeness (QED) is 0.872. The van der Waals surface area contributed by atoms with Crippen LogP contribution in [0.25, 0.3) is 0 Å². The van der Waals surface area contributed by atoms with Crippen molar-refractivity contribution in [1.29, 1.82) is 0 Å². The van der Waals surface area contributed by atoms with Crippen molar-refractivity contribution in [2.45, 2.75) is 19.8 Å². The van der Waals surface area contributed by atoms with Gasteiger partial charge < -0.3 is 5.32 Å². The molecule has 2 rings (SSSR count). The highest BCUT2D eigenvalue weighted by Crippen LogP contribution is 2.21. The first-order valence-electron chi connectivity index (χ1n) is 6.53. The fourth-order valence-electron chi connectivity index (χ4n) is 2.41. The molecular formula is C12H20N4O3S. The Morgan fingerprint density at radius 1 is 1.40 bits per heavy atom. The standard InChI is InChI=1S/C12H20N4O3S/c1-9-11(8-15(2)14-9)13-12(17)10-4-6-16(7-5-10)20(3,18)19/h8,10H,4-7H2,1-3H3,(H,13,17). The molecule has 2 heterocycles. The lowest BCUT2D eigenvalue weighted by atomic mass is 9.97. The minimum Gasteiger partial charge on any atom is -0.323 e. The third kappa shape index (κ3) is 3.37. The van der Waals surface area contributed by atoms with Crippen LogP contribution in [-0.2, 0) is 21.9 Å². The second-order valence-corrected chi connectivity index (χ2v) is 7.21. The van der Waals surface area contributed by atoms with Crippen molar-refractivity contribution in [3.05, 3.63) is 11.9 Å². The number of aromatic nitrogens is 2. The predicted molar refractivity (Wildman–Crippen MR) is 75.7 cm³/mol. The lowest BCUT2D eigenvalue weighted by Gasteiger charge is -2.29. The molecule has 1 saturated heterocycles. The summed E-state index contributed by atoms with van der Waals surface area (Å²) in [4.78, 5) is 12.2. The number of carbonyl (C=O) groups excluding carboxylic acids is 1. The van der Waals surface area contributed by atoms with Gasteiger partial charge >= 0.3 is 0 Å². The van der Waals surface area contributed by atoms with E-state index in [2.05, 4.69) is 10.4 Å². The lowest BCUT2D eigenvalue weighted by molar-refractivity contribution is -0.120. The van der Waals surface area contributed by atoms with Crippen molar-refractivity contribution in [3.63, 3.8) is 0 Å². The molecule has 1 fully saturated rings. The molecule has 1 aromatic heterocycles. The number of hydrogen-bond acceptors (Lipinski definition) is 4. The molecule has 20 heavy (non-hydrogen) atoms. The lowest BCUT2D eigenvalue weighted by Crippen LogP contribution is -2.40. The normalized spacial score (nSPS) is 18.1. The average molecular weight is 300 g/mol. The van der Waals surface area contributed by atoms with Crippen LogP contribution >= 0.6 is 0 Å². The molecule has 112 valence electrons. The summed E-state index contributed by atoms with van der Waals surface area (Å²) in [5.41, 5.74) is 1.48. The fourth-order valence-corrected chi connectivity index (χ4v) is 3.28. The number of hydrogen-bond donors (Lipinski definition) is 1. The highest BCUT2D eigenvalue weighted by molar-refractivity contribution is 7.88. The first-order chi connectivity index (χ1) is 9.27. The molecule has 1 amide bonds. The van der Waals surface area contributed by atoms with Crippen LogP contribution < -0.4 is 5.32 Å². The van der Waals surface area contributed by atoms with Crippen molar-refractivity contribution in [1.82, 2.24) is 14.1 Å². The maximum Gasteiger partial charge on any atom is 0.227 e. The Balaban J connectivity index is 1.94. The largest absolute Gasteiger partial charge is 0.323 e. The number of nitrogens with zero attached hydrogens (tertiary/aromatic N) is 3. The van der Waals surface area contributed by atoms with Gasteiger partial charge in [0.25, 0.3) is 0 Å². The molecule has 0 bridgehead atoms. The minimum absolute atomic E-state index is 0.0609. The number of rotatable bonds is 3. The van der Waals surface area contributed by atoms with Crippen molar-refractivity contribution in [2.75, 3.05) is 24.7 Å². The maximum absolute atomic E-state index is 12.2. The third-order valence-corrected chi connectivity index (χ3v) is 4.87. The summed E-state index contributed by atoms with van der Waals surface area (Å²) in [5, 5.41) is 7.03. The molecule has 0 aromatic carbocycles. The number of carbonyl (C=O) groups is 1. The summed E-state index contributed by atoms with van der Waals surface area (Å²) < 4.78 is 25.9. The molecule has 1 aromatic rings. The van der Waals surface area contributed by atoms with Crippen molar-refractivity contribution < 1.29 is 13.2 Å². The Morgan fingerprint density at radius 3 is 2.45 bits per heavy atom. The molecule has 1 aliphatic heterocycles. The molecule has 0 aliphatic carbocycles. The SMILES string of the molecule is Cc1nn(C)cc1NC(=O)C1CCN(S(C)(=O)=O)CC1. The van der Waals surface area contributed by atoms with E-state index >= 15 is 0 Å². The zero-order valence-corrected chi connectivity index (χ0v) is 12.8. The molecule has 1 N–H and O–H groups in total. The molecular weight excluding hydrogens is 280 g/mol. The summed E-state index contributed by atoms with van der Waals surface area (Å²) >= 11 is 0. The molecule has 0 unspecified atom stereocenters. The van der Waals surface area contributed by atoms with Gasteiger partial charge in [-0.25, -0.2) is 12.7 Å². The van der Waals surface area contributed by atoms with Crippen LogP contribution in [0.4, 0.5) is 5.69 Å². The van der Waals surface area contributed by atoms with E-state index < -0.39 is 10.0 Å². The number of aryl methyl sites for hydroxylation is 2. The minimum atomic E-state index is -3.15. The van der Waals surface area contributed by atoms with E-state index in [1.807, 2.05) is 6.92 Å². The average Bonchev–Trinajstić information content (AvgIpc) is 2.67. The van der Waals surface area contributed by atoms with E-state index in [0.717, 1.165) is 5.69 Å². The Bertz CT molecular complexity index is 600. The van der Waals surface area contributed by atoms with E-state index in [1.54, 1.807) is 17.9 Å². The van der Waals surface area contributed by atoms with Gasteiger partial charge in [-0.3, -0.25) is 9.48 Å². The Morgan fingerprint density at radius 2 is 2.00 bits per heavy atom. The molecule has 0 saturated carbocycles. The monoisotopic (exact) mass is 300 g/mol. The highest BCUT2D eigenvalue weighted by atomic mass is 32.2. The van der Waals surface area contributed by atoms with E-state index in [-0.39, 0.29) is 11.8 Å². The molecule has 0 spiro atoms. The van der Waals surface area contributed by atoms with Crippen LogP contribution in [0.15, 0.2) is 6.20 Å². The second kappa shape index (κ2) is 5.53. The fraction of sp³-hybridized carbons (Fsp3) is 0.667. The van der Waals surface area contributed by atoms with Gasteiger partial charge in [0.15, 0.2) is 0 Å². The van der Waals surface area contributed by atoms with Crippen LogP contribution in [-0.4, -0.2) is 47.8 Å². The maximum atomic E-state index is 12.2. The van der Waals surface area contributed by atoms with Gasteiger partial charge in [-0.05, 0) is 19.8 Å².